The van der Waals surface area contributed by atoms with Crippen molar-refractivity contribution in [2.24, 2.45) is 5.73 Å². The van der Waals surface area contributed by atoms with Gasteiger partial charge in [0, 0.05) is 11.1 Å². The maximum Gasteiger partial charge on any atom is 0.128 e. The molecule has 0 fully saturated rings. The van der Waals surface area contributed by atoms with Gasteiger partial charge in [-0.1, -0.05) is 12.2 Å². The van der Waals surface area contributed by atoms with Crippen molar-refractivity contribution in [3.8, 4) is 0 Å². The molecule has 3 nitrogen and oxygen atoms in total. The summed E-state index contributed by atoms with van der Waals surface area (Å²) in [5, 5.41) is 8.50. The van der Waals surface area contributed by atoms with Crippen molar-refractivity contribution in [1.29, 1.82) is 0 Å². The molecule has 3 N–H and O–H groups in total. The molecule has 5 heteroatoms. The lowest BCUT2D eigenvalue weighted by atomic mass is 10.1. The van der Waals surface area contributed by atoms with Crippen molar-refractivity contribution in [3.05, 3.63) is 35.1 Å². The van der Waals surface area contributed by atoms with E-state index in [-0.39, 0.29) is 30.6 Å². The van der Waals surface area contributed by atoms with Crippen molar-refractivity contribution in [3.63, 3.8) is 0 Å². The van der Waals surface area contributed by atoms with Crippen LogP contribution < -0.4 is 5.73 Å². The Hall–Kier alpha value is -1.04. The predicted octanol–water partition coefficient (Wildman–Crippen LogP) is 0.969. The molecule has 0 radical (unpaired) electrons. The van der Waals surface area contributed by atoms with Gasteiger partial charge in [-0.2, -0.15) is 0 Å². The van der Waals surface area contributed by atoms with Gasteiger partial charge in [-0.05, 0) is 18.2 Å². The van der Waals surface area contributed by atoms with Gasteiger partial charge >= 0.3 is 0 Å². The van der Waals surface area contributed by atoms with Crippen LogP contribution in [-0.2, 0) is 11.3 Å². The van der Waals surface area contributed by atoms with Crippen LogP contribution >= 0.6 is 12.2 Å². The van der Waals surface area contributed by atoms with Gasteiger partial charge in [0.2, 0.25) is 0 Å². The molecule has 0 aliphatic carbocycles. The van der Waals surface area contributed by atoms with Crippen LogP contribution in [0.1, 0.15) is 11.1 Å². The first kappa shape index (κ1) is 12.0. The molecule has 0 saturated heterocycles. The summed E-state index contributed by atoms with van der Waals surface area (Å²) in [7, 11) is 0. The summed E-state index contributed by atoms with van der Waals surface area (Å²) in [6, 6.07) is 4.37. The van der Waals surface area contributed by atoms with Gasteiger partial charge in [0.15, 0.2) is 0 Å². The Balaban J connectivity index is 2.76. The highest BCUT2D eigenvalue weighted by Gasteiger charge is 2.05. The molecular weight excluding hydrogens is 217 g/mol. The summed E-state index contributed by atoms with van der Waals surface area (Å²) >= 11 is 4.77. The number of benzene rings is 1. The summed E-state index contributed by atoms with van der Waals surface area (Å²) < 4.78 is 18.2. The first-order valence-corrected chi connectivity index (χ1v) is 4.83. The molecule has 0 spiro atoms. The molecular formula is C10H12FNO2S. The number of halogens is 1. The topological polar surface area (TPSA) is 55.5 Å². The molecule has 15 heavy (non-hydrogen) atoms. The summed E-state index contributed by atoms with van der Waals surface area (Å²) in [4.78, 5) is 0.221. The number of hydrogen-bond acceptors (Lipinski definition) is 3. The SMILES string of the molecule is NC(=S)c1ccc(F)c(COCCO)c1. The van der Waals surface area contributed by atoms with E-state index in [1.807, 2.05) is 0 Å². The summed E-state index contributed by atoms with van der Waals surface area (Å²) in [6.07, 6.45) is 0. The van der Waals surface area contributed by atoms with E-state index < -0.39 is 0 Å². The minimum Gasteiger partial charge on any atom is -0.394 e. The zero-order chi connectivity index (χ0) is 11.3. The number of aliphatic hydroxyl groups is 1. The Morgan fingerprint density at radius 2 is 2.27 bits per heavy atom. The Bertz CT molecular complexity index is 357. The highest BCUT2D eigenvalue weighted by Crippen LogP contribution is 2.11. The number of thiocarbonyl (C=S) groups is 1. The lowest BCUT2D eigenvalue weighted by Gasteiger charge is -2.06. The molecule has 0 aliphatic heterocycles. The van der Waals surface area contributed by atoms with Crippen molar-refractivity contribution in [1.82, 2.24) is 0 Å². The quantitative estimate of drug-likeness (QED) is 0.583. The van der Waals surface area contributed by atoms with Crippen LogP contribution in [0.2, 0.25) is 0 Å². The van der Waals surface area contributed by atoms with E-state index in [0.717, 1.165) is 0 Å². The number of rotatable bonds is 5. The minimum absolute atomic E-state index is 0.0867. The van der Waals surface area contributed by atoms with Gasteiger partial charge in [-0.15, -0.1) is 0 Å². The van der Waals surface area contributed by atoms with Crippen LogP contribution in [0, 0.1) is 5.82 Å². The Morgan fingerprint density at radius 1 is 1.53 bits per heavy atom. The van der Waals surface area contributed by atoms with E-state index in [2.05, 4.69) is 0 Å². The molecule has 0 aromatic heterocycles. The van der Waals surface area contributed by atoms with Crippen molar-refractivity contribution in [2.45, 2.75) is 6.61 Å². The Kier molecular flexibility index (Phi) is 4.61. The molecule has 82 valence electrons. The van der Waals surface area contributed by atoms with Crippen molar-refractivity contribution in [2.75, 3.05) is 13.2 Å². The van der Waals surface area contributed by atoms with Gasteiger partial charge in [-0.25, -0.2) is 4.39 Å². The van der Waals surface area contributed by atoms with E-state index in [9.17, 15) is 4.39 Å². The van der Waals surface area contributed by atoms with Crippen LogP contribution in [-0.4, -0.2) is 23.3 Å². The predicted molar refractivity (Wildman–Crippen MR) is 59.0 cm³/mol. The molecule has 0 amide bonds. The Labute approximate surface area is 92.7 Å². The maximum atomic E-state index is 13.2. The second-order valence-electron chi connectivity index (χ2n) is 2.95. The zero-order valence-electron chi connectivity index (χ0n) is 8.07. The molecule has 0 atom stereocenters. The fourth-order valence-electron chi connectivity index (χ4n) is 1.09. The molecule has 0 bridgehead atoms. The van der Waals surface area contributed by atoms with Crippen LogP contribution in [0.25, 0.3) is 0 Å². The van der Waals surface area contributed by atoms with E-state index in [0.29, 0.717) is 11.1 Å². The van der Waals surface area contributed by atoms with Gasteiger partial charge in [0.1, 0.15) is 10.8 Å². The van der Waals surface area contributed by atoms with Gasteiger partial charge in [0.05, 0.1) is 19.8 Å². The van der Waals surface area contributed by atoms with Crippen molar-refractivity contribution >= 4 is 17.2 Å². The monoisotopic (exact) mass is 229 g/mol. The Morgan fingerprint density at radius 3 is 2.87 bits per heavy atom. The average molecular weight is 229 g/mol. The molecule has 1 aromatic rings. The second kappa shape index (κ2) is 5.75. The lowest BCUT2D eigenvalue weighted by molar-refractivity contribution is 0.0799. The fourth-order valence-corrected chi connectivity index (χ4v) is 1.21. The number of ether oxygens (including phenoxy) is 1. The third-order valence-corrected chi connectivity index (χ3v) is 2.06. The molecule has 0 unspecified atom stereocenters. The summed E-state index contributed by atoms with van der Waals surface area (Å²) in [5.74, 6) is -0.368. The van der Waals surface area contributed by atoms with Gasteiger partial charge in [0.25, 0.3) is 0 Å². The third-order valence-electron chi connectivity index (χ3n) is 1.82. The average Bonchev–Trinajstić information content (AvgIpc) is 2.20. The van der Waals surface area contributed by atoms with Crippen LogP contribution in [0.3, 0.4) is 0 Å². The third kappa shape index (κ3) is 3.54. The fraction of sp³-hybridized carbons (Fsp3) is 0.300. The van der Waals surface area contributed by atoms with E-state index >= 15 is 0 Å². The van der Waals surface area contributed by atoms with Crippen LogP contribution in [0.4, 0.5) is 4.39 Å². The van der Waals surface area contributed by atoms with Crippen LogP contribution in [0.15, 0.2) is 18.2 Å². The van der Waals surface area contributed by atoms with E-state index in [1.165, 1.54) is 12.1 Å². The minimum atomic E-state index is -0.368. The van der Waals surface area contributed by atoms with E-state index in [1.54, 1.807) is 6.07 Å². The molecule has 1 rings (SSSR count). The molecule has 0 heterocycles. The first-order chi connectivity index (χ1) is 7.15. The molecule has 0 saturated carbocycles. The van der Waals surface area contributed by atoms with E-state index in [4.69, 9.17) is 27.8 Å². The smallest absolute Gasteiger partial charge is 0.128 e. The number of nitrogens with two attached hydrogens (primary N) is 1. The van der Waals surface area contributed by atoms with Gasteiger partial charge in [-0.3, -0.25) is 0 Å². The second-order valence-corrected chi connectivity index (χ2v) is 3.39. The summed E-state index contributed by atoms with van der Waals surface area (Å²) in [5.41, 5.74) is 6.40. The van der Waals surface area contributed by atoms with Crippen LogP contribution in [0.5, 0.6) is 0 Å². The normalized spacial score (nSPS) is 10.3. The van der Waals surface area contributed by atoms with Crippen molar-refractivity contribution < 1.29 is 14.2 Å². The molecule has 1 aromatic carbocycles. The van der Waals surface area contributed by atoms with Gasteiger partial charge < -0.3 is 15.6 Å². The first-order valence-electron chi connectivity index (χ1n) is 4.42. The standard InChI is InChI=1S/C10H12FNO2S/c11-9-2-1-7(10(12)15)5-8(9)6-14-4-3-13/h1-2,5,13H,3-4,6H2,(H2,12,15). The molecule has 0 aliphatic rings. The largest absolute Gasteiger partial charge is 0.394 e. The highest BCUT2D eigenvalue weighted by atomic mass is 32.1. The number of hydrogen-bond donors (Lipinski definition) is 2. The zero-order valence-corrected chi connectivity index (χ0v) is 8.89. The highest BCUT2D eigenvalue weighted by molar-refractivity contribution is 7.80. The summed E-state index contributed by atoms with van der Waals surface area (Å²) in [6.45, 7) is 0.191. The number of aliphatic hydroxyl groups excluding tert-OH is 1. The lowest BCUT2D eigenvalue weighted by Crippen LogP contribution is -2.10. The maximum absolute atomic E-state index is 13.2.